The molecular weight excluding hydrogens is 166 g/mol. The number of rotatable bonds is 2. The van der Waals surface area contributed by atoms with E-state index in [9.17, 15) is 0 Å². The highest BCUT2D eigenvalue weighted by molar-refractivity contribution is 5.15. The first-order chi connectivity index (χ1) is 6.34. The lowest BCUT2D eigenvalue weighted by atomic mass is 10.1. The number of benzene rings is 1. The van der Waals surface area contributed by atoms with Gasteiger partial charge >= 0.3 is 0 Å². The van der Waals surface area contributed by atoms with Crippen LogP contribution in [-0.4, -0.2) is 6.29 Å². The van der Waals surface area contributed by atoms with E-state index in [4.69, 9.17) is 15.2 Å². The Morgan fingerprint density at radius 2 is 2.00 bits per heavy atom. The fraction of sp³-hybridized carbons (Fsp3) is 0.200. The van der Waals surface area contributed by atoms with Crippen LogP contribution in [0.5, 0.6) is 0 Å². The summed E-state index contributed by atoms with van der Waals surface area (Å²) >= 11 is 0. The summed E-state index contributed by atoms with van der Waals surface area (Å²) in [5.74, 6) is 0.348. The Labute approximate surface area is 76.8 Å². The van der Waals surface area contributed by atoms with Gasteiger partial charge in [-0.3, -0.25) is 0 Å². The van der Waals surface area contributed by atoms with Gasteiger partial charge in [0.05, 0.1) is 0 Å². The van der Waals surface area contributed by atoms with Crippen molar-refractivity contribution in [1.29, 1.82) is 0 Å². The molecule has 0 saturated heterocycles. The molecule has 0 spiro atoms. The second-order valence-corrected chi connectivity index (χ2v) is 2.89. The first-order valence-corrected chi connectivity index (χ1v) is 4.16. The summed E-state index contributed by atoms with van der Waals surface area (Å²) in [6.45, 7) is 0. The van der Waals surface area contributed by atoms with Crippen molar-refractivity contribution in [2.45, 2.75) is 12.7 Å². The number of hydrogen-bond acceptors (Lipinski definition) is 3. The van der Waals surface area contributed by atoms with Crippen LogP contribution < -0.4 is 5.73 Å². The molecule has 2 rings (SSSR count). The third-order valence-electron chi connectivity index (χ3n) is 1.85. The highest BCUT2D eigenvalue weighted by Crippen LogP contribution is 2.14. The van der Waals surface area contributed by atoms with E-state index in [1.807, 2.05) is 30.3 Å². The molecule has 1 unspecified atom stereocenters. The third-order valence-corrected chi connectivity index (χ3v) is 1.85. The number of hydrogen-bond donors (Lipinski definition) is 1. The van der Waals surface area contributed by atoms with Crippen LogP contribution in [-0.2, 0) is 15.9 Å². The topological polar surface area (TPSA) is 44.5 Å². The summed E-state index contributed by atoms with van der Waals surface area (Å²) in [6, 6.07) is 10.0. The molecule has 3 heteroatoms. The molecule has 0 bridgehead atoms. The van der Waals surface area contributed by atoms with E-state index >= 15 is 0 Å². The monoisotopic (exact) mass is 177 g/mol. The molecule has 1 aromatic carbocycles. The van der Waals surface area contributed by atoms with Gasteiger partial charge in [-0.2, -0.15) is 0 Å². The molecule has 2 N–H and O–H groups in total. The van der Waals surface area contributed by atoms with E-state index in [2.05, 4.69) is 0 Å². The van der Waals surface area contributed by atoms with Gasteiger partial charge in [0.25, 0.3) is 0 Å². The van der Waals surface area contributed by atoms with Crippen molar-refractivity contribution in [2.75, 3.05) is 0 Å². The Balaban J connectivity index is 1.94. The maximum Gasteiger partial charge on any atom is 0.246 e. The van der Waals surface area contributed by atoms with Gasteiger partial charge in [-0.15, -0.1) is 0 Å². The van der Waals surface area contributed by atoms with E-state index in [1.54, 1.807) is 0 Å². The van der Waals surface area contributed by atoms with Crippen LogP contribution in [0.15, 0.2) is 42.5 Å². The molecule has 0 fully saturated rings. The van der Waals surface area contributed by atoms with Gasteiger partial charge < -0.3 is 15.2 Å². The molecule has 1 atom stereocenters. The Morgan fingerprint density at radius 1 is 1.23 bits per heavy atom. The zero-order chi connectivity index (χ0) is 9.10. The Bertz CT molecular complexity index is 308. The fourth-order valence-corrected chi connectivity index (χ4v) is 1.25. The maximum atomic E-state index is 5.39. The van der Waals surface area contributed by atoms with E-state index in [0.29, 0.717) is 5.88 Å². The molecule has 0 saturated carbocycles. The minimum absolute atomic E-state index is 0.262. The van der Waals surface area contributed by atoms with E-state index < -0.39 is 0 Å². The zero-order valence-electron chi connectivity index (χ0n) is 7.14. The average molecular weight is 177 g/mol. The lowest BCUT2D eigenvalue weighted by Gasteiger charge is -2.10. The molecule has 1 heterocycles. The van der Waals surface area contributed by atoms with Crippen molar-refractivity contribution in [3.63, 3.8) is 0 Å². The average Bonchev–Trinajstić information content (AvgIpc) is 2.53. The molecule has 3 nitrogen and oxygen atoms in total. The van der Waals surface area contributed by atoms with Gasteiger partial charge in [0, 0.05) is 6.42 Å². The van der Waals surface area contributed by atoms with Crippen LogP contribution >= 0.6 is 0 Å². The Morgan fingerprint density at radius 3 is 2.62 bits per heavy atom. The highest BCUT2D eigenvalue weighted by atomic mass is 16.7. The summed E-state index contributed by atoms with van der Waals surface area (Å²) in [6.07, 6.45) is 1.90. The first kappa shape index (κ1) is 7.98. The second-order valence-electron chi connectivity index (χ2n) is 2.89. The first-order valence-electron chi connectivity index (χ1n) is 4.16. The zero-order valence-corrected chi connectivity index (χ0v) is 7.14. The quantitative estimate of drug-likeness (QED) is 0.741. The van der Waals surface area contributed by atoms with Crippen molar-refractivity contribution in [2.24, 2.45) is 5.73 Å². The number of ether oxygens (including phenoxy) is 2. The Kier molecular flexibility index (Phi) is 2.08. The van der Waals surface area contributed by atoms with Crippen molar-refractivity contribution in [3.05, 3.63) is 48.0 Å². The maximum absolute atomic E-state index is 5.39. The minimum Gasteiger partial charge on any atom is -0.457 e. The summed E-state index contributed by atoms with van der Waals surface area (Å²) < 4.78 is 10.3. The third kappa shape index (κ3) is 1.93. The number of nitrogens with two attached hydrogens (primary N) is 1. The van der Waals surface area contributed by atoms with Gasteiger partial charge in [-0.05, 0) is 5.56 Å². The van der Waals surface area contributed by atoms with E-state index in [-0.39, 0.29) is 6.29 Å². The van der Waals surface area contributed by atoms with Crippen LogP contribution in [0.2, 0.25) is 0 Å². The van der Waals surface area contributed by atoms with Crippen molar-refractivity contribution >= 4 is 0 Å². The molecule has 1 aliphatic heterocycles. The molecule has 0 aliphatic carbocycles. The molecule has 0 amide bonds. The standard InChI is InChI=1S/C10H11NO2/c11-9-7-12-10(13-9)6-8-4-2-1-3-5-8/h1-5,7,10H,6,11H2. The lowest BCUT2D eigenvalue weighted by molar-refractivity contribution is -0.0303. The van der Waals surface area contributed by atoms with Crippen LogP contribution in [0.3, 0.4) is 0 Å². The second kappa shape index (κ2) is 3.39. The van der Waals surface area contributed by atoms with Gasteiger partial charge in [0.1, 0.15) is 6.26 Å². The van der Waals surface area contributed by atoms with Crippen LogP contribution in [0.4, 0.5) is 0 Å². The molecule has 1 aromatic rings. The molecule has 68 valence electrons. The summed E-state index contributed by atoms with van der Waals surface area (Å²) in [5, 5.41) is 0. The van der Waals surface area contributed by atoms with Crippen LogP contribution in [0.1, 0.15) is 5.56 Å². The van der Waals surface area contributed by atoms with E-state index in [0.717, 1.165) is 6.42 Å². The smallest absolute Gasteiger partial charge is 0.246 e. The molecule has 0 radical (unpaired) electrons. The molecular formula is C10H11NO2. The van der Waals surface area contributed by atoms with Gasteiger partial charge in [-0.25, -0.2) is 0 Å². The summed E-state index contributed by atoms with van der Waals surface area (Å²) in [4.78, 5) is 0. The SMILES string of the molecule is NC1=COC(Cc2ccccc2)O1. The van der Waals surface area contributed by atoms with Gasteiger partial charge in [0.2, 0.25) is 12.2 Å². The fourth-order valence-electron chi connectivity index (χ4n) is 1.25. The van der Waals surface area contributed by atoms with Crippen molar-refractivity contribution in [3.8, 4) is 0 Å². The van der Waals surface area contributed by atoms with Gasteiger partial charge in [-0.1, -0.05) is 30.3 Å². The highest BCUT2D eigenvalue weighted by Gasteiger charge is 2.17. The van der Waals surface area contributed by atoms with E-state index in [1.165, 1.54) is 11.8 Å². The molecule has 0 aromatic heterocycles. The minimum atomic E-state index is -0.262. The normalized spacial score (nSPS) is 20.3. The molecule has 13 heavy (non-hydrogen) atoms. The summed E-state index contributed by atoms with van der Waals surface area (Å²) in [7, 11) is 0. The lowest BCUT2D eigenvalue weighted by Crippen LogP contribution is -2.13. The van der Waals surface area contributed by atoms with Crippen LogP contribution in [0, 0.1) is 0 Å². The van der Waals surface area contributed by atoms with Gasteiger partial charge in [0.15, 0.2) is 0 Å². The predicted molar refractivity (Wildman–Crippen MR) is 48.4 cm³/mol. The summed E-state index contributed by atoms with van der Waals surface area (Å²) in [5.41, 5.74) is 6.57. The molecule has 1 aliphatic rings. The van der Waals surface area contributed by atoms with Crippen LogP contribution in [0.25, 0.3) is 0 Å². The Hall–Kier alpha value is -1.64. The predicted octanol–water partition coefficient (Wildman–Crippen LogP) is 1.36. The van der Waals surface area contributed by atoms with Crippen molar-refractivity contribution < 1.29 is 9.47 Å². The largest absolute Gasteiger partial charge is 0.457 e. The van der Waals surface area contributed by atoms with Crippen molar-refractivity contribution in [1.82, 2.24) is 0 Å².